The monoisotopic (exact) mass is 427 g/mol. The van der Waals surface area contributed by atoms with Crippen LogP contribution in [0.2, 0.25) is 0 Å². The Morgan fingerprint density at radius 1 is 1.00 bits per heavy atom. The van der Waals surface area contributed by atoms with Gasteiger partial charge in [0.1, 0.15) is 0 Å². The lowest BCUT2D eigenvalue weighted by Gasteiger charge is -2.52. The van der Waals surface area contributed by atoms with Gasteiger partial charge in [0.05, 0.1) is 11.5 Å². The Bertz CT molecular complexity index is 1180. The quantitative estimate of drug-likeness (QED) is 0.571. The highest BCUT2D eigenvalue weighted by atomic mass is 16.2. The fourth-order valence-electron chi connectivity index (χ4n) is 6.64. The molecule has 2 heterocycles. The molecule has 2 saturated carbocycles. The molecule has 0 bridgehead atoms. The third-order valence-electron chi connectivity index (χ3n) is 7.98. The number of amides is 2. The van der Waals surface area contributed by atoms with E-state index in [9.17, 15) is 9.59 Å². The summed E-state index contributed by atoms with van der Waals surface area (Å²) in [5.41, 5.74) is 2.98. The van der Waals surface area contributed by atoms with Crippen LogP contribution in [0.5, 0.6) is 0 Å². The third-order valence-corrected chi connectivity index (χ3v) is 7.98. The van der Waals surface area contributed by atoms with Crippen molar-refractivity contribution < 1.29 is 9.59 Å². The number of carbonyl (C=O) groups excluding carboxylic acids is 2. The van der Waals surface area contributed by atoms with Crippen molar-refractivity contribution in [2.24, 2.45) is 0 Å². The highest BCUT2D eigenvalue weighted by Crippen LogP contribution is 2.52. The molecule has 0 radical (unpaired) electrons. The van der Waals surface area contributed by atoms with Gasteiger partial charge in [0.15, 0.2) is 0 Å². The van der Waals surface area contributed by atoms with E-state index in [-0.39, 0.29) is 23.8 Å². The average Bonchev–Trinajstić information content (AvgIpc) is 3.56. The van der Waals surface area contributed by atoms with Crippen molar-refractivity contribution in [3.63, 3.8) is 0 Å². The second-order valence-electron chi connectivity index (χ2n) is 9.71. The van der Waals surface area contributed by atoms with Crippen molar-refractivity contribution in [1.82, 2.24) is 9.88 Å². The van der Waals surface area contributed by atoms with Crippen LogP contribution in [-0.4, -0.2) is 33.3 Å². The Morgan fingerprint density at radius 3 is 2.59 bits per heavy atom. The van der Waals surface area contributed by atoms with Gasteiger partial charge in [0, 0.05) is 29.0 Å². The molecule has 1 aromatic heterocycles. The maximum Gasteiger partial charge on any atom is 0.254 e. The van der Waals surface area contributed by atoms with Crippen LogP contribution in [0.4, 0.5) is 5.69 Å². The molecule has 2 aliphatic carbocycles. The van der Waals surface area contributed by atoms with Crippen LogP contribution in [0, 0.1) is 0 Å². The predicted octanol–water partition coefficient (Wildman–Crippen LogP) is 5.60. The SMILES string of the molecule is O=C(Nc1ccc2cc[nH]c2c1)C1c2ccccc2C(=O)N(C2CCCC2)C12CCCC2. The second-order valence-corrected chi connectivity index (χ2v) is 9.71. The molecule has 1 atom stereocenters. The zero-order valence-corrected chi connectivity index (χ0v) is 18.3. The van der Waals surface area contributed by atoms with Crippen molar-refractivity contribution >= 4 is 28.4 Å². The fraction of sp³-hybridized carbons (Fsp3) is 0.407. The largest absolute Gasteiger partial charge is 0.361 e. The standard InChI is InChI=1S/C27H29N3O2/c31-25(29-19-12-11-18-13-16-28-23(18)17-19)24-21-9-3-4-10-22(21)26(32)30(20-7-1-2-8-20)27(24)14-5-6-15-27/h3-4,9-13,16-17,20,24,28H,1-2,5-8,14-15H2,(H,29,31). The molecule has 6 rings (SSSR count). The number of nitrogens with one attached hydrogen (secondary N) is 2. The van der Waals surface area contributed by atoms with Gasteiger partial charge in [-0.15, -0.1) is 0 Å². The first kappa shape index (κ1) is 19.6. The number of aromatic nitrogens is 1. The maximum absolute atomic E-state index is 14.0. The Balaban J connectivity index is 1.44. The summed E-state index contributed by atoms with van der Waals surface area (Å²) in [7, 11) is 0. The minimum atomic E-state index is -0.416. The summed E-state index contributed by atoms with van der Waals surface area (Å²) < 4.78 is 0. The summed E-state index contributed by atoms with van der Waals surface area (Å²) in [6, 6.07) is 16.0. The van der Waals surface area contributed by atoms with Gasteiger partial charge in [0.25, 0.3) is 5.91 Å². The highest BCUT2D eigenvalue weighted by Gasteiger charge is 2.57. The molecule has 5 nitrogen and oxygen atoms in total. The summed E-state index contributed by atoms with van der Waals surface area (Å²) in [5.74, 6) is -0.217. The van der Waals surface area contributed by atoms with Gasteiger partial charge in [-0.05, 0) is 60.9 Å². The van der Waals surface area contributed by atoms with Crippen molar-refractivity contribution in [2.75, 3.05) is 5.32 Å². The molecular weight excluding hydrogens is 398 g/mol. The topological polar surface area (TPSA) is 65.2 Å². The second kappa shape index (κ2) is 7.51. The zero-order chi connectivity index (χ0) is 21.7. The lowest BCUT2D eigenvalue weighted by Crippen LogP contribution is -2.62. The molecule has 3 aromatic rings. The fourth-order valence-corrected chi connectivity index (χ4v) is 6.64. The van der Waals surface area contributed by atoms with E-state index in [1.165, 1.54) is 12.8 Å². The van der Waals surface area contributed by atoms with Crippen LogP contribution in [0.15, 0.2) is 54.7 Å². The zero-order valence-electron chi connectivity index (χ0n) is 18.3. The number of anilines is 1. The van der Waals surface area contributed by atoms with Crippen LogP contribution < -0.4 is 5.32 Å². The minimum Gasteiger partial charge on any atom is -0.361 e. The lowest BCUT2D eigenvalue weighted by atomic mass is 9.70. The van der Waals surface area contributed by atoms with E-state index >= 15 is 0 Å². The molecule has 2 aromatic carbocycles. The van der Waals surface area contributed by atoms with Gasteiger partial charge >= 0.3 is 0 Å². The molecule has 1 spiro atoms. The molecular formula is C27H29N3O2. The summed E-state index contributed by atoms with van der Waals surface area (Å²) in [5, 5.41) is 4.34. The molecule has 1 aliphatic heterocycles. The van der Waals surface area contributed by atoms with Crippen molar-refractivity contribution in [2.45, 2.75) is 68.9 Å². The Hall–Kier alpha value is -3.08. The predicted molar refractivity (Wildman–Crippen MR) is 126 cm³/mol. The third kappa shape index (κ3) is 2.90. The van der Waals surface area contributed by atoms with Crippen LogP contribution in [0.25, 0.3) is 10.9 Å². The minimum absolute atomic E-state index is 0.000697. The Labute approximate surface area is 188 Å². The molecule has 3 aliphatic rings. The van der Waals surface area contributed by atoms with E-state index in [1.54, 1.807) is 0 Å². The molecule has 2 fully saturated rings. The van der Waals surface area contributed by atoms with E-state index in [1.807, 2.05) is 54.7 Å². The molecule has 32 heavy (non-hydrogen) atoms. The maximum atomic E-state index is 14.0. The summed E-state index contributed by atoms with van der Waals surface area (Å²) in [6.45, 7) is 0. The van der Waals surface area contributed by atoms with Crippen LogP contribution in [0.1, 0.15) is 73.2 Å². The first-order chi connectivity index (χ1) is 15.7. The van der Waals surface area contributed by atoms with Gasteiger partial charge in [-0.25, -0.2) is 0 Å². The van der Waals surface area contributed by atoms with Crippen LogP contribution >= 0.6 is 0 Å². The molecule has 2 amide bonds. The van der Waals surface area contributed by atoms with Crippen molar-refractivity contribution in [3.05, 3.63) is 65.9 Å². The van der Waals surface area contributed by atoms with Crippen molar-refractivity contribution in [1.29, 1.82) is 0 Å². The smallest absolute Gasteiger partial charge is 0.254 e. The van der Waals surface area contributed by atoms with Crippen LogP contribution in [0.3, 0.4) is 0 Å². The van der Waals surface area contributed by atoms with Crippen molar-refractivity contribution in [3.8, 4) is 0 Å². The van der Waals surface area contributed by atoms with Gasteiger partial charge in [-0.1, -0.05) is 49.9 Å². The van der Waals surface area contributed by atoms with E-state index in [0.717, 1.165) is 60.7 Å². The van der Waals surface area contributed by atoms with Gasteiger partial charge < -0.3 is 15.2 Å². The molecule has 2 N–H and O–H groups in total. The average molecular weight is 428 g/mol. The highest BCUT2D eigenvalue weighted by molar-refractivity contribution is 6.05. The van der Waals surface area contributed by atoms with E-state index in [2.05, 4.69) is 15.2 Å². The number of rotatable bonds is 3. The van der Waals surface area contributed by atoms with E-state index in [4.69, 9.17) is 0 Å². The van der Waals surface area contributed by atoms with Gasteiger partial charge in [-0.2, -0.15) is 0 Å². The number of fused-ring (bicyclic) bond motifs is 2. The van der Waals surface area contributed by atoms with Gasteiger partial charge in [0.2, 0.25) is 5.91 Å². The summed E-state index contributed by atoms with van der Waals surface area (Å²) in [6.07, 6.45) is 10.3. The molecule has 1 unspecified atom stereocenters. The molecule has 164 valence electrons. The number of hydrogen-bond donors (Lipinski definition) is 2. The van der Waals surface area contributed by atoms with E-state index < -0.39 is 5.54 Å². The number of hydrogen-bond acceptors (Lipinski definition) is 2. The number of aromatic amines is 1. The summed E-state index contributed by atoms with van der Waals surface area (Å²) in [4.78, 5) is 33.2. The Kier molecular flexibility index (Phi) is 4.60. The molecule has 0 saturated heterocycles. The molecule has 5 heteroatoms. The number of H-pyrrole nitrogens is 1. The normalized spacial score (nSPS) is 22.6. The van der Waals surface area contributed by atoms with Crippen LogP contribution in [-0.2, 0) is 4.79 Å². The first-order valence-electron chi connectivity index (χ1n) is 12.0. The Morgan fingerprint density at radius 2 is 1.78 bits per heavy atom. The number of benzene rings is 2. The first-order valence-corrected chi connectivity index (χ1v) is 12.0. The lowest BCUT2D eigenvalue weighted by molar-refractivity contribution is -0.121. The van der Waals surface area contributed by atoms with Gasteiger partial charge in [-0.3, -0.25) is 9.59 Å². The number of nitrogens with zero attached hydrogens (tertiary/aromatic N) is 1. The number of carbonyl (C=O) groups is 2. The summed E-state index contributed by atoms with van der Waals surface area (Å²) >= 11 is 0. The van der Waals surface area contributed by atoms with E-state index in [0.29, 0.717) is 5.56 Å².